The van der Waals surface area contributed by atoms with Crippen molar-refractivity contribution in [2.24, 2.45) is 0 Å². The number of fused-ring (bicyclic) bond motifs is 2. The molecule has 130 valence electrons. The summed E-state index contributed by atoms with van der Waals surface area (Å²) >= 11 is 0. The van der Waals surface area contributed by atoms with Crippen LogP contribution >= 0.6 is 0 Å². The summed E-state index contributed by atoms with van der Waals surface area (Å²) in [6, 6.07) is 9.94. The van der Waals surface area contributed by atoms with E-state index < -0.39 is 5.60 Å². The summed E-state index contributed by atoms with van der Waals surface area (Å²) in [5, 5.41) is 0. The van der Waals surface area contributed by atoms with Gasteiger partial charge < -0.3 is 9.53 Å². The minimum atomic E-state index is -0.519. The summed E-state index contributed by atoms with van der Waals surface area (Å²) in [4.78, 5) is 28.4. The number of carbonyl (C=O) groups is 2. The first-order valence-electron chi connectivity index (χ1n) is 8.63. The molecule has 2 aliphatic rings. The minimum Gasteiger partial charge on any atom is -0.444 e. The zero-order chi connectivity index (χ0) is 17.3. The van der Waals surface area contributed by atoms with Gasteiger partial charge in [0.1, 0.15) is 11.9 Å². The SMILES string of the molecule is CC(C)(C)OC(=O)N1[C@H]2CC[C@@H]1[C@@H](C=O)N(Cc1ccccc1)C2. The number of aldehydes is 1. The van der Waals surface area contributed by atoms with Crippen molar-refractivity contribution in [2.75, 3.05) is 6.54 Å². The summed E-state index contributed by atoms with van der Waals surface area (Å²) in [5.41, 5.74) is 0.670. The van der Waals surface area contributed by atoms with E-state index in [9.17, 15) is 9.59 Å². The maximum Gasteiger partial charge on any atom is 0.410 e. The highest BCUT2D eigenvalue weighted by Gasteiger charge is 2.49. The summed E-state index contributed by atoms with van der Waals surface area (Å²) in [7, 11) is 0. The van der Waals surface area contributed by atoms with E-state index in [1.165, 1.54) is 5.56 Å². The number of benzene rings is 1. The van der Waals surface area contributed by atoms with E-state index in [-0.39, 0.29) is 24.2 Å². The van der Waals surface area contributed by atoms with Gasteiger partial charge in [0.05, 0.1) is 12.1 Å². The molecule has 5 heteroatoms. The van der Waals surface area contributed by atoms with Gasteiger partial charge in [-0.3, -0.25) is 9.80 Å². The number of ether oxygens (including phenoxy) is 1. The average molecular weight is 330 g/mol. The maximum absolute atomic E-state index is 12.6. The fraction of sp³-hybridized carbons (Fsp3) is 0.579. The molecule has 3 atom stereocenters. The van der Waals surface area contributed by atoms with Crippen molar-refractivity contribution < 1.29 is 14.3 Å². The van der Waals surface area contributed by atoms with Gasteiger partial charge >= 0.3 is 6.09 Å². The second-order valence-electron chi connectivity index (χ2n) is 7.73. The molecule has 0 aromatic heterocycles. The van der Waals surface area contributed by atoms with E-state index in [1.54, 1.807) is 0 Å². The standard InChI is InChI=1S/C19H26N2O3/c1-19(2,3)24-18(23)21-15-9-10-16(21)17(13-22)20(12-15)11-14-7-5-4-6-8-14/h4-8,13,15-17H,9-12H2,1-3H3/t15-,16+,17+/m0/s1. The number of hydrogen-bond acceptors (Lipinski definition) is 4. The van der Waals surface area contributed by atoms with Crippen molar-refractivity contribution in [1.82, 2.24) is 9.80 Å². The fourth-order valence-corrected chi connectivity index (χ4v) is 3.83. The Balaban J connectivity index is 1.76. The van der Waals surface area contributed by atoms with Crippen LogP contribution in [0.5, 0.6) is 0 Å². The highest BCUT2D eigenvalue weighted by atomic mass is 16.6. The van der Waals surface area contributed by atoms with Crippen LogP contribution in [0.15, 0.2) is 30.3 Å². The maximum atomic E-state index is 12.6. The molecule has 24 heavy (non-hydrogen) atoms. The molecule has 1 aromatic rings. The number of amides is 1. The van der Waals surface area contributed by atoms with E-state index in [2.05, 4.69) is 17.0 Å². The van der Waals surface area contributed by atoms with Crippen LogP contribution in [0.25, 0.3) is 0 Å². The molecular weight excluding hydrogens is 304 g/mol. The lowest BCUT2D eigenvalue weighted by atomic mass is 10.0. The first kappa shape index (κ1) is 17.0. The second kappa shape index (κ2) is 6.55. The molecule has 3 rings (SSSR count). The average Bonchev–Trinajstić information content (AvgIpc) is 2.83. The van der Waals surface area contributed by atoms with Gasteiger partial charge in [0.15, 0.2) is 0 Å². The highest BCUT2D eigenvalue weighted by molar-refractivity contribution is 5.72. The van der Waals surface area contributed by atoms with Crippen molar-refractivity contribution >= 4 is 12.4 Å². The lowest BCUT2D eigenvalue weighted by Crippen LogP contribution is -2.61. The Labute approximate surface area is 143 Å². The van der Waals surface area contributed by atoms with Gasteiger partial charge in [-0.25, -0.2) is 4.79 Å². The molecule has 0 aliphatic carbocycles. The Kier molecular flexibility index (Phi) is 4.63. The molecule has 5 nitrogen and oxygen atoms in total. The molecule has 2 saturated heterocycles. The molecule has 1 amide bonds. The van der Waals surface area contributed by atoms with Crippen molar-refractivity contribution in [3.63, 3.8) is 0 Å². The van der Waals surface area contributed by atoms with Crippen LogP contribution in [-0.2, 0) is 16.1 Å². The first-order valence-corrected chi connectivity index (χ1v) is 8.63. The van der Waals surface area contributed by atoms with E-state index in [0.29, 0.717) is 6.54 Å². The Morgan fingerprint density at radius 3 is 2.58 bits per heavy atom. The van der Waals surface area contributed by atoms with Crippen molar-refractivity contribution in [3.8, 4) is 0 Å². The lowest BCUT2D eigenvalue weighted by Gasteiger charge is -2.44. The molecule has 2 fully saturated rings. The van der Waals surface area contributed by atoms with Crippen molar-refractivity contribution in [3.05, 3.63) is 35.9 Å². The Bertz CT molecular complexity index is 596. The molecule has 1 aromatic carbocycles. The molecule has 0 radical (unpaired) electrons. The van der Waals surface area contributed by atoms with Gasteiger partial charge in [-0.15, -0.1) is 0 Å². The van der Waals surface area contributed by atoms with Gasteiger partial charge in [-0.05, 0) is 39.2 Å². The Hall–Kier alpha value is -1.88. The monoisotopic (exact) mass is 330 g/mol. The van der Waals surface area contributed by atoms with Crippen LogP contribution in [0, 0.1) is 0 Å². The van der Waals surface area contributed by atoms with E-state index >= 15 is 0 Å². The molecule has 2 heterocycles. The Morgan fingerprint density at radius 2 is 1.96 bits per heavy atom. The smallest absolute Gasteiger partial charge is 0.410 e. The van der Waals surface area contributed by atoms with Gasteiger partial charge in [-0.2, -0.15) is 0 Å². The third kappa shape index (κ3) is 3.46. The zero-order valence-corrected chi connectivity index (χ0v) is 14.6. The molecule has 2 bridgehead atoms. The largest absolute Gasteiger partial charge is 0.444 e. The molecular formula is C19H26N2O3. The van der Waals surface area contributed by atoms with E-state index in [4.69, 9.17) is 4.74 Å². The number of nitrogens with zero attached hydrogens (tertiary/aromatic N) is 2. The third-order valence-corrected chi connectivity index (χ3v) is 4.78. The summed E-state index contributed by atoms with van der Waals surface area (Å²) in [5.74, 6) is 0. The molecule has 0 unspecified atom stereocenters. The second-order valence-corrected chi connectivity index (χ2v) is 7.73. The lowest BCUT2D eigenvalue weighted by molar-refractivity contribution is -0.117. The number of likely N-dealkylation sites (tertiary alicyclic amines) is 1. The summed E-state index contributed by atoms with van der Waals surface area (Å²) < 4.78 is 5.56. The number of piperazine rings is 1. The van der Waals surface area contributed by atoms with Crippen LogP contribution in [0.3, 0.4) is 0 Å². The van der Waals surface area contributed by atoms with Crippen LogP contribution in [0.4, 0.5) is 4.79 Å². The third-order valence-electron chi connectivity index (χ3n) is 4.78. The predicted octanol–water partition coefficient (Wildman–Crippen LogP) is 2.84. The molecule has 2 aliphatic heterocycles. The molecule has 0 saturated carbocycles. The minimum absolute atomic E-state index is 0.0835. The summed E-state index contributed by atoms with van der Waals surface area (Å²) in [6.07, 6.45) is 2.49. The van der Waals surface area contributed by atoms with E-state index in [1.807, 2.05) is 43.9 Å². The molecule has 0 N–H and O–H groups in total. The van der Waals surface area contributed by atoms with Gasteiger partial charge in [-0.1, -0.05) is 30.3 Å². The fourth-order valence-electron chi connectivity index (χ4n) is 3.83. The predicted molar refractivity (Wildman–Crippen MR) is 91.6 cm³/mol. The van der Waals surface area contributed by atoms with Gasteiger partial charge in [0, 0.05) is 19.1 Å². The summed E-state index contributed by atoms with van der Waals surface area (Å²) in [6.45, 7) is 7.06. The first-order chi connectivity index (χ1) is 11.4. The number of hydrogen-bond donors (Lipinski definition) is 0. The van der Waals surface area contributed by atoms with Crippen molar-refractivity contribution in [2.45, 2.75) is 63.9 Å². The van der Waals surface area contributed by atoms with Gasteiger partial charge in [0.2, 0.25) is 0 Å². The van der Waals surface area contributed by atoms with Gasteiger partial charge in [0.25, 0.3) is 0 Å². The number of carbonyl (C=O) groups excluding carboxylic acids is 2. The van der Waals surface area contributed by atoms with Crippen LogP contribution in [-0.4, -0.2) is 52.5 Å². The quantitative estimate of drug-likeness (QED) is 0.800. The van der Waals surface area contributed by atoms with Crippen LogP contribution in [0.1, 0.15) is 39.2 Å². The van der Waals surface area contributed by atoms with Crippen LogP contribution in [0.2, 0.25) is 0 Å². The van der Waals surface area contributed by atoms with Crippen LogP contribution < -0.4 is 0 Å². The normalized spacial score (nSPS) is 27.1. The zero-order valence-electron chi connectivity index (χ0n) is 14.6. The molecule has 0 spiro atoms. The Morgan fingerprint density at radius 1 is 1.25 bits per heavy atom. The topological polar surface area (TPSA) is 49.9 Å². The number of rotatable bonds is 3. The van der Waals surface area contributed by atoms with Crippen molar-refractivity contribution in [1.29, 1.82) is 0 Å². The van der Waals surface area contributed by atoms with E-state index in [0.717, 1.165) is 25.7 Å². The highest BCUT2D eigenvalue weighted by Crippen LogP contribution is 2.35.